The molecule has 3 aromatic rings. The van der Waals surface area contributed by atoms with E-state index in [4.69, 9.17) is 0 Å². The molecular weight excluding hydrogens is 366 g/mol. The normalized spacial score (nSPS) is 10.6. The number of nitrogens with zero attached hydrogens (tertiary/aromatic N) is 2. The van der Waals surface area contributed by atoms with E-state index in [0.29, 0.717) is 11.3 Å². The van der Waals surface area contributed by atoms with Crippen molar-refractivity contribution >= 4 is 40.1 Å². The monoisotopic (exact) mass is 385 g/mol. The van der Waals surface area contributed by atoms with E-state index < -0.39 is 5.91 Å². The average Bonchev–Trinajstić information content (AvgIpc) is 3.33. The predicted molar refractivity (Wildman–Crippen MR) is 102 cm³/mol. The number of amides is 3. The zero-order valence-corrected chi connectivity index (χ0v) is 15.5. The number of carbonyl (C=O) groups excluding carboxylic acids is 3. The van der Waals surface area contributed by atoms with Gasteiger partial charge in [0.15, 0.2) is 0 Å². The third-order valence-corrected chi connectivity index (χ3v) is 4.72. The lowest BCUT2D eigenvalue weighted by Gasteiger charge is -2.10. The van der Waals surface area contributed by atoms with Crippen molar-refractivity contribution in [3.8, 4) is 0 Å². The topological polar surface area (TPSA) is 105 Å². The third-order valence-electron chi connectivity index (χ3n) is 3.85. The smallest absolute Gasteiger partial charge is 0.261 e. The van der Waals surface area contributed by atoms with Crippen LogP contribution in [-0.2, 0) is 22.6 Å². The summed E-state index contributed by atoms with van der Waals surface area (Å²) >= 11 is 1.29. The number of nitrogens with one attached hydrogen (secondary N) is 3. The van der Waals surface area contributed by atoms with Gasteiger partial charge in [-0.15, -0.1) is 11.3 Å². The maximum atomic E-state index is 12.2. The number of rotatable bonds is 6. The number of imidazole rings is 1. The summed E-state index contributed by atoms with van der Waals surface area (Å²) in [5, 5.41) is 4.27. The number of hydrazine groups is 1. The van der Waals surface area contributed by atoms with Crippen LogP contribution in [0.2, 0.25) is 0 Å². The highest BCUT2D eigenvalue weighted by molar-refractivity contribution is 7.12. The van der Waals surface area contributed by atoms with Gasteiger partial charge in [0.2, 0.25) is 0 Å². The third kappa shape index (κ3) is 4.50. The Kier molecular flexibility index (Phi) is 5.82. The molecule has 3 N–H and O–H groups in total. The molecule has 3 rings (SSSR count). The van der Waals surface area contributed by atoms with E-state index in [1.807, 2.05) is 35.8 Å². The molecule has 2 aromatic heterocycles. The number of fused-ring (bicyclic) bond motifs is 1. The Balaban J connectivity index is 1.51. The molecule has 0 aliphatic carbocycles. The molecule has 27 heavy (non-hydrogen) atoms. The minimum absolute atomic E-state index is 0.0333. The molecule has 0 saturated heterocycles. The Morgan fingerprint density at radius 2 is 1.85 bits per heavy atom. The van der Waals surface area contributed by atoms with Gasteiger partial charge in [-0.3, -0.25) is 25.2 Å². The Morgan fingerprint density at radius 1 is 1.07 bits per heavy atom. The van der Waals surface area contributed by atoms with Crippen LogP contribution < -0.4 is 16.2 Å². The van der Waals surface area contributed by atoms with Gasteiger partial charge in [-0.05, 0) is 23.6 Å². The highest BCUT2D eigenvalue weighted by Gasteiger charge is 2.13. The number of aromatic nitrogens is 2. The Hall–Kier alpha value is -3.20. The summed E-state index contributed by atoms with van der Waals surface area (Å²) in [6, 6.07) is 11.0. The molecule has 8 nitrogen and oxygen atoms in total. The molecule has 0 fully saturated rings. The molecule has 0 radical (unpaired) electrons. The van der Waals surface area contributed by atoms with Crippen LogP contribution in [0.15, 0.2) is 41.8 Å². The highest BCUT2D eigenvalue weighted by atomic mass is 32.1. The molecular formula is C18H19N5O3S. The van der Waals surface area contributed by atoms with Gasteiger partial charge in [-0.1, -0.05) is 25.1 Å². The van der Waals surface area contributed by atoms with E-state index >= 15 is 0 Å². The Morgan fingerprint density at radius 3 is 2.59 bits per heavy atom. The van der Waals surface area contributed by atoms with Crippen LogP contribution in [0, 0.1) is 0 Å². The minimum Gasteiger partial charge on any atom is -0.342 e. The summed E-state index contributed by atoms with van der Waals surface area (Å²) < 4.78 is 1.81. The van der Waals surface area contributed by atoms with Gasteiger partial charge in [-0.25, -0.2) is 4.98 Å². The van der Waals surface area contributed by atoms with Gasteiger partial charge in [-0.2, -0.15) is 0 Å². The first-order valence-electron chi connectivity index (χ1n) is 8.42. The fourth-order valence-electron chi connectivity index (χ4n) is 2.59. The summed E-state index contributed by atoms with van der Waals surface area (Å²) in [4.78, 5) is 40.8. The number of thiophene rings is 1. The molecule has 2 heterocycles. The molecule has 0 saturated carbocycles. The minimum atomic E-state index is -0.514. The number of hydrogen-bond acceptors (Lipinski definition) is 5. The van der Waals surface area contributed by atoms with Crippen molar-refractivity contribution < 1.29 is 14.4 Å². The lowest BCUT2D eigenvalue weighted by molar-refractivity contribution is -0.128. The highest BCUT2D eigenvalue weighted by Crippen LogP contribution is 2.16. The molecule has 0 unspecified atom stereocenters. The molecule has 0 bridgehead atoms. The first-order chi connectivity index (χ1) is 13.1. The number of para-hydroxylation sites is 2. The van der Waals surface area contributed by atoms with Gasteiger partial charge >= 0.3 is 0 Å². The molecule has 1 aromatic carbocycles. The van der Waals surface area contributed by atoms with Gasteiger partial charge in [0.1, 0.15) is 12.4 Å². The lowest BCUT2D eigenvalue weighted by atomic mass is 10.3. The van der Waals surface area contributed by atoms with Crippen LogP contribution in [0.4, 0.5) is 0 Å². The van der Waals surface area contributed by atoms with E-state index in [9.17, 15) is 14.4 Å². The van der Waals surface area contributed by atoms with Crippen LogP contribution in [0.25, 0.3) is 11.0 Å². The van der Waals surface area contributed by atoms with Crippen molar-refractivity contribution in [3.05, 3.63) is 52.5 Å². The second-order valence-corrected chi connectivity index (χ2v) is 6.66. The van der Waals surface area contributed by atoms with Crippen LogP contribution >= 0.6 is 11.3 Å². The van der Waals surface area contributed by atoms with Crippen LogP contribution in [-0.4, -0.2) is 33.8 Å². The first kappa shape index (κ1) is 18.6. The van der Waals surface area contributed by atoms with Crippen molar-refractivity contribution in [1.29, 1.82) is 0 Å². The van der Waals surface area contributed by atoms with Crippen molar-refractivity contribution in [2.75, 3.05) is 6.54 Å². The number of carbonyl (C=O) groups is 3. The molecule has 0 aliphatic rings. The van der Waals surface area contributed by atoms with Crippen LogP contribution in [0.3, 0.4) is 0 Å². The molecule has 3 amide bonds. The maximum absolute atomic E-state index is 12.2. The SMILES string of the molecule is CCc1nc2ccccc2n1CC(=O)NNC(=O)CNC(=O)c1cccs1. The molecule has 0 atom stereocenters. The second-order valence-electron chi connectivity index (χ2n) is 5.71. The molecule has 0 aliphatic heterocycles. The van der Waals surface area contributed by atoms with E-state index in [0.717, 1.165) is 16.9 Å². The molecule has 140 valence electrons. The van der Waals surface area contributed by atoms with Gasteiger partial charge in [0.25, 0.3) is 17.7 Å². The maximum Gasteiger partial charge on any atom is 0.261 e. The number of aryl methyl sites for hydroxylation is 1. The average molecular weight is 385 g/mol. The zero-order chi connectivity index (χ0) is 19.2. The van der Waals surface area contributed by atoms with E-state index in [1.54, 1.807) is 17.5 Å². The van der Waals surface area contributed by atoms with Crippen LogP contribution in [0.1, 0.15) is 22.4 Å². The van der Waals surface area contributed by atoms with Gasteiger partial charge in [0, 0.05) is 6.42 Å². The molecule has 9 heteroatoms. The number of hydrogen-bond donors (Lipinski definition) is 3. The summed E-state index contributed by atoms with van der Waals surface area (Å²) in [7, 11) is 0. The van der Waals surface area contributed by atoms with E-state index in [-0.39, 0.29) is 24.9 Å². The van der Waals surface area contributed by atoms with E-state index in [2.05, 4.69) is 21.2 Å². The molecule has 0 spiro atoms. The summed E-state index contributed by atoms with van der Waals surface area (Å²) in [6.45, 7) is 1.77. The lowest BCUT2D eigenvalue weighted by Crippen LogP contribution is -2.47. The zero-order valence-electron chi connectivity index (χ0n) is 14.7. The summed E-state index contributed by atoms with van der Waals surface area (Å²) in [5.74, 6) is -0.435. The largest absolute Gasteiger partial charge is 0.342 e. The summed E-state index contributed by atoms with van der Waals surface area (Å²) in [5.41, 5.74) is 6.34. The van der Waals surface area contributed by atoms with Crippen molar-refractivity contribution in [3.63, 3.8) is 0 Å². The fraction of sp³-hybridized carbons (Fsp3) is 0.222. The summed E-state index contributed by atoms with van der Waals surface area (Å²) in [6.07, 6.45) is 0.684. The standard InChI is InChI=1S/C18H19N5O3S/c1-2-15-20-12-6-3-4-7-13(12)23(15)11-17(25)22-21-16(24)10-19-18(26)14-8-5-9-27-14/h3-9H,2,10-11H2,1H3,(H,19,26)(H,21,24)(H,22,25). The Labute approximate surface area is 159 Å². The van der Waals surface area contributed by atoms with Gasteiger partial charge in [0.05, 0.1) is 22.5 Å². The van der Waals surface area contributed by atoms with Crippen molar-refractivity contribution in [1.82, 2.24) is 25.7 Å². The fourth-order valence-corrected chi connectivity index (χ4v) is 3.23. The van der Waals surface area contributed by atoms with Crippen LogP contribution in [0.5, 0.6) is 0 Å². The van der Waals surface area contributed by atoms with E-state index in [1.165, 1.54) is 11.3 Å². The van der Waals surface area contributed by atoms with Gasteiger partial charge < -0.3 is 9.88 Å². The Bertz CT molecular complexity index is 965. The van der Waals surface area contributed by atoms with Crippen molar-refractivity contribution in [2.45, 2.75) is 19.9 Å². The second kappa shape index (κ2) is 8.45. The first-order valence-corrected chi connectivity index (χ1v) is 9.30. The number of benzene rings is 1. The quantitative estimate of drug-likeness (QED) is 0.555. The van der Waals surface area contributed by atoms with Crippen molar-refractivity contribution in [2.24, 2.45) is 0 Å². The predicted octanol–water partition coefficient (Wildman–Crippen LogP) is 1.24.